The number of rotatable bonds is 30. The van der Waals surface area contributed by atoms with Gasteiger partial charge in [-0.25, -0.2) is 29.1 Å². The monoisotopic (exact) mass is 912 g/mol. The molecule has 11 N–H and O–H groups in total. The second-order valence-corrected chi connectivity index (χ2v) is 13.5. The van der Waals surface area contributed by atoms with E-state index in [0.29, 0.717) is 9.80 Å². The minimum atomic E-state index is -1.84. The van der Waals surface area contributed by atoms with Crippen molar-refractivity contribution in [3.05, 3.63) is 36.4 Å². The lowest BCUT2D eigenvalue weighted by molar-refractivity contribution is -0.150. The van der Waals surface area contributed by atoms with Crippen LogP contribution in [-0.2, 0) is 78.9 Å². The predicted octanol–water partition coefficient (Wildman–Crippen LogP) is -4.50. The molecule has 2 aromatic heterocycles. The number of imidazole rings is 2. The number of carboxylic acid groups (broad SMARTS) is 8. The maximum Gasteiger partial charge on any atom is 0.327 e. The lowest BCUT2D eigenvalue weighted by atomic mass is 10.1. The smallest absolute Gasteiger partial charge is 0.327 e. The summed E-state index contributed by atoms with van der Waals surface area (Å²) in [5.74, 6) is -15.5. The van der Waals surface area contributed by atoms with Crippen LogP contribution >= 0.6 is 0 Å². The van der Waals surface area contributed by atoms with Gasteiger partial charge in [0, 0.05) is 44.2 Å². The fourth-order valence-corrected chi connectivity index (χ4v) is 5.59. The summed E-state index contributed by atoms with van der Waals surface area (Å²) in [7, 11) is 0. The first-order chi connectivity index (χ1) is 29.9. The van der Waals surface area contributed by atoms with Crippen molar-refractivity contribution in [2.24, 2.45) is 0 Å². The molecule has 0 saturated heterocycles. The van der Waals surface area contributed by atoms with Crippen LogP contribution in [0.25, 0.3) is 0 Å². The molecule has 0 saturated carbocycles. The molecule has 5 amide bonds. The van der Waals surface area contributed by atoms with Crippen LogP contribution in [0.4, 0.5) is 4.79 Å². The highest BCUT2D eigenvalue weighted by molar-refractivity contribution is 5.88. The number of carbonyl (C=O) groups is 12. The first kappa shape index (κ1) is 52.0. The summed E-state index contributed by atoms with van der Waals surface area (Å²) < 4.78 is 2.35. The van der Waals surface area contributed by atoms with E-state index in [1.165, 1.54) is 38.8 Å². The second-order valence-electron chi connectivity index (χ2n) is 13.5. The molecule has 0 aromatic carbocycles. The Morgan fingerprint density at radius 3 is 1.23 bits per heavy atom. The normalized spacial score (nSPS) is 12.2. The Labute approximate surface area is 358 Å². The zero-order chi connectivity index (χ0) is 48.3. The van der Waals surface area contributed by atoms with E-state index in [1.807, 2.05) is 10.6 Å². The number of hydrogen-bond donors (Lipinski definition) is 11. The number of carboxylic acids is 8. The van der Waals surface area contributed by atoms with Crippen molar-refractivity contribution in [3.8, 4) is 0 Å². The van der Waals surface area contributed by atoms with Gasteiger partial charge in [0.15, 0.2) is 0 Å². The van der Waals surface area contributed by atoms with Crippen LogP contribution in [0, 0.1) is 0 Å². The van der Waals surface area contributed by atoms with Crippen LogP contribution < -0.4 is 16.0 Å². The molecule has 30 heteroatoms. The average molecular weight is 913 g/mol. The van der Waals surface area contributed by atoms with Gasteiger partial charge in [-0.3, -0.25) is 43.3 Å². The Kier molecular flexibility index (Phi) is 20.2. The summed E-state index contributed by atoms with van der Waals surface area (Å²) in [4.78, 5) is 154. The third-order valence-electron chi connectivity index (χ3n) is 8.54. The zero-order valence-electron chi connectivity index (χ0n) is 33.3. The van der Waals surface area contributed by atoms with Crippen LogP contribution in [0.15, 0.2) is 24.8 Å². The van der Waals surface area contributed by atoms with E-state index in [4.69, 9.17) is 5.11 Å². The summed E-state index contributed by atoms with van der Waals surface area (Å²) in [6.45, 7) is -6.70. The topological polar surface area (TPSA) is 448 Å². The van der Waals surface area contributed by atoms with Gasteiger partial charge < -0.3 is 75.7 Å². The first-order valence-corrected chi connectivity index (χ1v) is 18.4. The van der Waals surface area contributed by atoms with Gasteiger partial charge in [0.25, 0.3) is 0 Å². The summed E-state index contributed by atoms with van der Waals surface area (Å²) in [6.07, 6.45) is 2.28. The van der Waals surface area contributed by atoms with Gasteiger partial charge in [-0.05, 0) is 12.8 Å². The van der Waals surface area contributed by atoms with E-state index in [9.17, 15) is 93.3 Å². The molecule has 64 heavy (non-hydrogen) atoms. The van der Waals surface area contributed by atoms with Gasteiger partial charge in [-0.1, -0.05) is 0 Å². The third kappa shape index (κ3) is 18.6. The lowest BCUT2D eigenvalue weighted by Gasteiger charge is -2.27. The minimum absolute atomic E-state index is 0.0144. The molecule has 30 nitrogen and oxygen atoms in total. The molecular formula is C34H44N10O20. The first-order valence-electron chi connectivity index (χ1n) is 18.4. The molecule has 0 fully saturated rings. The summed E-state index contributed by atoms with van der Waals surface area (Å²) in [6, 6.07) is -6.74. The van der Waals surface area contributed by atoms with Gasteiger partial charge >= 0.3 is 53.8 Å². The zero-order valence-corrected chi connectivity index (χ0v) is 33.3. The number of carbonyl (C=O) groups excluding carboxylic acids is 4. The minimum Gasteiger partial charge on any atom is -0.481 e. The van der Waals surface area contributed by atoms with Gasteiger partial charge in [-0.2, -0.15) is 0 Å². The average Bonchev–Trinajstić information content (AvgIpc) is 3.80. The standard InChI is InChI=1S/C34H44N10O20/c45-23(3-1-18(31(58)59)38-34(64)39-19(32(60)61)2-4-26(48)49)37-20(33(62)63)9-40(10-21-35-5-7-41(21)12-24(46)43(14-27(50)51)15-28(52)53)11-22-36-6-8-42(22)13-25(47)44(16-29(54)55)17-30(56)57/h5-8,18-20H,1-4,9-17H2,(H,37,45)(H,48,49)(H,50,51)(H,52,53)(H,54,55)(H,56,57)(H,58,59)(H,60,61)(H,62,63)(H2,38,39,64)/t18-,19-,20?/m0/s1. The van der Waals surface area contributed by atoms with Crippen molar-refractivity contribution < 1.29 is 98.4 Å². The molecule has 0 radical (unpaired) electrons. The maximum atomic E-state index is 13.1. The fraction of sp³-hybridized carbons (Fsp3) is 0.471. The number of aliphatic carboxylic acids is 8. The van der Waals surface area contributed by atoms with Crippen molar-refractivity contribution in [2.75, 3.05) is 32.7 Å². The number of nitrogens with one attached hydrogen (secondary N) is 3. The Hall–Kier alpha value is -8.18. The lowest BCUT2D eigenvalue weighted by Crippen LogP contribution is -2.52. The number of nitrogens with zero attached hydrogens (tertiary/aromatic N) is 7. The Balaban J connectivity index is 2.39. The molecule has 2 heterocycles. The third-order valence-corrected chi connectivity index (χ3v) is 8.54. The Morgan fingerprint density at radius 1 is 0.516 bits per heavy atom. The van der Waals surface area contributed by atoms with E-state index >= 15 is 0 Å². The van der Waals surface area contributed by atoms with Crippen molar-refractivity contribution in [2.45, 2.75) is 70.0 Å². The summed E-state index contributed by atoms with van der Waals surface area (Å²) in [5.41, 5.74) is 0. The van der Waals surface area contributed by atoms with Crippen LogP contribution in [0.5, 0.6) is 0 Å². The molecule has 0 bridgehead atoms. The Morgan fingerprint density at radius 2 is 0.891 bits per heavy atom. The van der Waals surface area contributed by atoms with Gasteiger partial charge in [-0.15, -0.1) is 0 Å². The van der Waals surface area contributed by atoms with Crippen LogP contribution in [0.2, 0.25) is 0 Å². The number of amides is 5. The van der Waals surface area contributed by atoms with E-state index < -0.39 is 174 Å². The molecule has 3 atom stereocenters. The predicted molar refractivity (Wildman–Crippen MR) is 202 cm³/mol. The maximum absolute atomic E-state index is 13.1. The van der Waals surface area contributed by atoms with E-state index in [0.717, 1.165) is 0 Å². The van der Waals surface area contributed by atoms with Gasteiger partial charge in [0.05, 0.1) is 13.1 Å². The molecule has 2 aromatic rings. The van der Waals surface area contributed by atoms with E-state index in [2.05, 4.69) is 15.3 Å². The summed E-state index contributed by atoms with van der Waals surface area (Å²) >= 11 is 0. The molecule has 350 valence electrons. The quantitative estimate of drug-likeness (QED) is 0.0352. The van der Waals surface area contributed by atoms with E-state index in [1.54, 1.807) is 0 Å². The number of hydrogen-bond acceptors (Lipinski definition) is 15. The van der Waals surface area contributed by atoms with Gasteiger partial charge in [0.1, 0.15) is 69.0 Å². The van der Waals surface area contributed by atoms with Crippen LogP contribution in [0.1, 0.15) is 37.3 Å². The van der Waals surface area contributed by atoms with Crippen LogP contribution in [0.3, 0.4) is 0 Å². The fourth-order valence-electron chi connectivity index (χ4n) is 5.59. The SMILES string of the molecule is O=C(O)CC[C@H](NC(=O)N[C@@H](CCC(=O)NC(CN(Cc1nccn1CC(=O)N(CC(=O)O)CC(=O)O)Cc1nccn1CC(=O)N(CC(=O)O)CC(=O)O)C(=O)O)C(=O)O)C(=O)O. The molecule has 0 aliphatic heterocycles. The van der Waals surface area contributed by atoms with Crippen molar-refractivity contribution >= 4 is 71.5 Å². The highest BCUT2D eigenvalue weighted by Gasteiger charge is 2.30. The highest BCUT2D eigenvalue weighted by Crippen LogP contribution is 2.12. The van der Waals surface area contributed by atoms with Crippen molar-refractivity contribution in [3.63, 3.8) is 0 Å². The molecular weight excluding hydrogens is 868 g/mol. The second kappa shape index (κ2) is 24.9. The van der Waals surface area contributed by atoms with Gasteiger partial charge in [0.2, 0.25) is 17.7 Å². The Bertz CT molecular complexity index is 1960. The molecule has 0 aliphatic carbocycles. The number of aromatic nitrogens is 4. The molecule has 2 rings (SSSR count). The highest BCUT2D eigenvalue weighted by atomic mass is 16.4. The van der Waals surface area contributed by atoms with E-state index in [-0.39, 0.29) is 11.6 Å². The largest absolute Gasteiger partial charge is 0.481 e. The van der Waals surface area contributed by atoms with Crippen LogP contribution in [-0.4, -0.2) is 197 Å². The molecule has 1 unspecified atom stereocenters. The number of urea groups is 1. The molecule has 0 aliphatic rings. The van der Waals surface area contributed by atoms with Crippen molar-refractivity contribution in [1.29, 1.82) is 0 Å². The van der Waals surface area contributed by atoms with Crippen molar-refractivity contribution in [1.82, 2.24) is 49.8 Å². The molecule has 0 spiro atoms. The summed E-state index contributed by atoms with van der Waals surface area (Å²) in [5, 5.41) is 80.6.